The third-order valence-corrected chi connectivity index (χ3v) is 5.83. The smallest absolute Gasteiger partial charge is 0.274 e. The van der Waals surface area contributed by atoms with Crippen molar-refractivity contribution < 1.29 is 4.79 Å². The van der Waals surface area contributed by atoms with E-state index in [9.17, 15) is 4.79 Å². The predicted molar refractivity (Wildman–Crippen MR) is 119 cm³/mol. The Kier molecular flexibility index (Phi) is 7.07. The van der Waals surface area contributed by atoms with Crippen LogP contribution in [0.2, 0.25) is 0 Å². The third kappa shape index (κ3) is 4.86. The molecule has 1 atom stereocenters. The van der Waals surface area contributed by atoms with Crippen LogP contribution in [0.5, 0.6) is 0 Å². The van der Waals surface area contributed by atoms with E-state index >= 15 is 0 Å². The highest BCUT2D eigenvalue weighted by atomic mass is 16.2. The minimum atomic E-state index is -0.00430. The lowest BCUT2D eigenvalue weighted by Crippen LogP contribution is -2.43. The van der Waals surface area contributed by atoms with Gasteiger partial charge in [0.05, 0.1) is 12.4 Å². The number of nitrogens with one attached hydrogen (secondary N) is 1. The molecule has 1 amide bonds. The van der Waals surface area contributed by atoms with Crippen molar-refractivity contribution in [2.75, 3.05) is 29.9 Å². The molecule has 3 rings (SSSR count). The van der Waals surface area contributed by atoms with Crippen molar-refractivity contribution in [3.05, 3.63) is 41.9 Å². The van der Waals surface area contributed by atoms with Gasteiger partial charge in [-0.15, -0.1) is 0 Å². The Morgan fingerprint density at radius 1 is 1.17 bits per heavy atom. The molecule has 6 heteroatoms. The second-order valence-corrected chi connectivity index (χ2v) is 7.64. The number of nitrogens with zero attached hydrogens (tertiary/aromatic N) is 4. The summed E-state index contributed by atoms with van der Waals surface area (Å²) in [5.41, 5.74) is 3.79. The molecule has 6 nitrogen and oxygen atoms in total. The first kappa shape index (κ1) is 21.1. The standard InChI is InChI=1S/C23H33N5O/c1-5-18-10-8-9-13-28(18)23(29)21-15-25-22(16-24-21)26-20-12-11-19(14-17(20)4)27(6-2)7-3/h11-12,14-16,18H,5-10,13H2,1-4H3,(H,25,26). The summed E-state index contributed by atoms with van der Waals surface area (Å²) >= 11 is 0. The largest absolute Gasteiger partial charge is 0.372 e. The quantitative estimate of drug-likeness (QED) is 0.731. The van der Waals surface area contributed by atoms with E-state index in [1.54, 1.807) is 12.4 Å². The van der Waals surface area contributed by atoms with Gasteiger partial charge in [0.25, 0.3) is 5.91 Å². The topological polar surface area (TPSA) is 61.4 Å². The fraction of sp³-hybridized carbons (Fsp3) is 0.522. The second-order valence-electron chi connectivity index (χ2n) is 7.64. The lowest BCUT2D eigenvalue weighted by atomic mass is 10.00. The SMILES string of the molecule is CCC1CCCCN1C(=O)c1cnc(Nc2ccc(N(CC)CC)cc2C)cn1. The zero-order valence-corrected chi connectivity index (χ0v) is 18.1. The Hall–Kier alpha value is -2.63. The predicted octanol–water partition coefficient (Wildman–Crippen LogP) is 4.78. The highest BCUT2D eigenvalue weighted by Gasteiger charge is 2.27. The number of amides is 1. The molecule has 1 N–H and O–H groups in total. The van der Waals surface area contributed by atoms with Crippen LogP contribution in [0.25, 0.3) is 0 Å². The van der Waals surface area contributed by atoms with Gasteiger partial charge in [0.15, 0.2) is 0 Å². The van der Waals surface area contributed by atoms with E-state index in [0.717, 1.165) is 50.1 Å². The van der Waals surface area contributed by atoms with Gasteiger partial charge < -0.3 is 15.1 Å². The van der Waals surface area contributed by atoms with Crippen LogP contribution >= 0.6 is 0 Å². The van der Waals surface area contributed by atoms with Crippen molar-refractivity contribution >= 4 is 23.1 Å². The number of hydrogen-bond donors (Lipinski definition) is 1. The minimum absolute atomic E-state index is 0.00430. The molecule has 1 aromatic heterocycles. The molecule has 0 saturated carbocycles. The molecule has 2 aromatic rings. The first-order chi connectivity index (χ1) is 14.1. The number of aryl methyl sites for hydroxylation is 1. The van der Waals surface area contributed by atoms with Gasteiger partial charge in [0, 0.05) is 37.1 Å². The number of anilines is 3. The van der Waals surface area contributed by atoms with E-state index in [2.05, 4.69) is 66.1 Å². The van der Waals surface area contributed by atoms with E-state index in [-0.39, 0.29) is 5.91 Å². The molecule has 1 fully saturated rings. The summed E-state index contributed by atoms with van der Waals surface area (Å²) in [6.07, 6.45) is 7.57. The van der Waals surface area contributed by atoms with E-state index in [1.807, 2.05) is 4.90 Å². The maximum Gasteiger partial charge on any atom is 0.274 e. The van der Waals surface area contributed by atoms with Crippen LogP contribution in [-0.2, 0) is 0 Å². The molecule has 1 aromatic carbocycles. The van der Waals surface area contributed by atoms with Gasteiger partial charge >= 0.3 is 0 Å². The third-order valence-electron chi connectivity index (χ3n) is 5.83. The van der Waals surface area contributed by atoms with Crippen LogP contribution in [0.4, 0.5) is 17.2 Å². The summed E-state index contributed by atoms with van der Waals surface area (Å²) in [6.45, 7) is 11.3. The van der Waals surface area contributed by atoms with Crippen LogP contribution in [0.1, 0.15) is 62.5 Å². The van der Waals surface area contributed by atoms with Crippen LogP contribution in [0.15, 0.2) is 30.6 Å². The van der Waals surface area contributed by atoms with Crippen molar-refractivity contribution in [1.29, 1.82) is 0 Å². The minimum Gasteiger partial charge on any atom is -0.372 e. The van der Waals surface area contributed by atoms with Crippen molar-refractivity contribution in [3.8, 4) is 0 Å². The maximum absolute atomic E-state index is 12.8. The fourth-order valence-corrected chi connectivity index (χ4v) is 4.05. The first-order valence-corrected chi connectivity index (χ1v) is 10.8. The molecule has 0 spiro atoms. The van der Waals surface area contributed by atoms with Gasteiger partial charge in [0.1, 0.15) is 11.5 Å². The normalized spacial score (nSPS) is 16.6. The maximum atomic E-state index is 12.8. The first-order valence-electron chi connectivity index (χ1n) is 10.8. The molecule has 0 bridgehead atoms. The zero-order valence-electron chi connectivity index (χ0n) is 18.1. The molecule has 1 unspecified atom stereocenters. The number of aromatic nitrogens is 2. The summed E-state index contributed by atoms with van der Waals surface area (Å²) in [5, 5.41) is 3.32. The van der Waals surface area contributed by atoms with Crippen molar-refractivity contribution in [3.63, 3.8) is 0 Å². The lowest BCUT2D eigenvalue weighted by Gasteiger charge is -2.34. The molecule has 0 radical (unpaired) electrons. The Balaban J connectivity index is 1.70. The molecule has 0 aliphatic carbocycles. The Bertz CT molecular complexity index is 817. The zero-order chi connectivity index (χ0) is 20.8. The molecule has 1 aliphatic heterocycles. The molecule has 29 heavy (non-hydrogen) atoms. The summed E-state index contributed by atoms with van der Waals surface area (Å²) in [7, 11) is 0. The van der Waals surface area contributed by atoms with E-state index in [4.69, 9.17) is 0 Å². The van der Waals surface area contributed by atoms with E-state index in [1.165, 1.54) is 12.1 Å². The summed E-state index contributed by atoms with van der Waals surface area (Å²) in [4.78, 5) is 26.0. The number of carbonyl (C=O) groups is 1. The average Bonchev–Trinajstić information content (AvgIpc) is 2.76. The van der Waals surface area contributed by atoms with Crippen LogP contribution in [-0.4, -0.2) is 46.5 Å². The van der Waals surface area contributed by atoms with Crippen LogP contribution in [0, 0.1) is 6.92 Å². The number of likely N-dealkylation sites (tertiary alicyclic amines) is 1. The fourth-order valence-electron chi connectivity index (χ4n) is 4.05. The summed E-state index contributed by atoms with van der Waals surface area (Å²) in [6, 6.07) is 6.70. The Labute approximate surface area is 174 Å². The van der Waals surface area contributed by atoms with E-state index in [0.29, 0.717) is 17.6 Å². The number of piperidine rings is 1. The lowest BCUT2D eigenvalue weighted by molar-refractivity contribution is 0.0601. The monoisotopic (exact) mass is 395 g/mol. The molecule has 156 valence electrons. The van der Waals surface area contributed by atoms with Gasteiger partial charge in [-0.3, -0.25) is 4.79 Å². The number of benzene rings is 1. The molecule has 1 aliphatic rings. The van der Waals surface area contributed by atoms with Crippen molar-refractivity contribution in [1.82, 2.24) is 14.9 Å². The Morgan fingerprint density at radius 3 is 2.59 bits per heavy atom. The van der Waals surface area contributed by atoms with Gasteiger partial charge in [-0.05, 0) is 70.2 Å². The highest BCUT2D eigenvalue weighted by molar-refractivity contribution is 5.92. The molecular weight excluding hydrogens is 362 g/mol. The van der Waals surface area contributed by atoms with Gasteiger partial charge in [0.2, 0.25) is 0 Å². The van der Waals surface area contributed by atoms with Gasteiger partial charge in [-0.1, -0.05) is 6.92 Å². The van der Waals surface area contributed by atoms with E-state index < -0.39 is 0 Å². The van der Waals surface area contributed by atoms with Crippen LogP contribution in [0.3, 0.4) is 0 Å². The number of carbonyl (C=O) groups excluding carboxylic acids is 1. The highest BCUT2D eigenvalue weighted by Crippen LogP contribution is 2.25. The second kappa shape index (κ2) is 9.72. The van der Waals surface area contributed by atoms with Crippen molar-refractivity contribution in [2.45, 2.75) is 59.4 Å². The molecular formula is C23H33N5O. The number of rotatable bonds is 7. The average molecular weight is 396 g/mol. The summed E-state index contributed by atoms with van der Waals surface area (Å²) in [5.74, 6) is 0.640. The number of hydrogen-bond acceptors (Lipinski definition) is 5. The van der Waals surface area contributed by atoms with Crippen molar-refractivity contribution in [2.24, 2.45) is 0 Å². The molecule has 1 saturated heterocycles. The van der Waals surface area contributed by atoms with Gasteiger partial charge in [-0.2, -0.15) is 0 Å². The Morgan fingerprint density at radius 2 is 1.97 bits per heavy atom. The van der Waals surface area contributed by atoms with Gasteiger partial charge in [-0.25, -0.2) is 9.97 Å². The summed E-state index contributed by atoms with van der Waals surface area (Å²) < 4.78 is 0. The van der Waals surface area contributed by atoms with Crippen LogP contribution < -0.4 is 10.2 Å². The molecule has 2 heterocycles.